The van der Waals surface area contributed by atoms with Crippen molar-refractivity contribution in [1.29, 1.82) is 0 Å². The molecular formula is C14H20N2O2. The normalized spacial score (nSPS) is 18.8. The molecule has 0 bridgehead atoms. The van der Waals surface area contributed by atoms with Gasteiger partial charge in [-0.3, -0.25) is 4.79 Å². The van der Waals surface area contributed by atoms with Crippen LogP contribution in [0.1, 0.15) is 24.0 Å². The number of carbonyl (C=O) groups is 1. The molecule has 4 nitrogen and oxygen atoms in total. The topological polar surface area (TPSA) is 50.4 Å². The summed E-state index contributed by atoms with van der Waals surface area (Å²) < 4.78 is 5.15. The summed E-state index contributed by atoms with van der Waals surface area (Å²) in [5, 5.41) is 6.18. The van der Waals surface area contributed by atoms with Gasteiger partial charge in [0.05, 0.1) is 12.6 Å². The monoisotopic (exact) mass is 248 g/mol. The van der Waals surface area contributed by atoms with Crippen molar-refractivity contribution in [3.8, 4) is 0 Å². The summed E-state index contributed by atoms with van der Waals surface area (Å²) in [4.78, 5) is 11.9. The summed E-state index contributed by atoms with van der Waals surface area (Å²) in [6.45, 7) is 2.09. The standard InChI is InChI=1S/C14H20N2O2/c1-18-10-12-6-3-2-5-11(12)9-16-14(17)13-7-4-8-15-13/h2-3,5-6,13,15H,4,7-10H2,1H3,(H,16,17)/t13-/m0/s1. The summed E-state index contributed by atoms with van der Waals surface area (Å²) in [5.41, 5.74) is 2.24. The van der Waals surface area contributed by atoms with Crippen molar-refractivity contribution >= 4 is 5.91 Å². The van der Waals surface area contributed by atoms with Crippen LogP contribution in [0.5, 0.6) is 0 Å². The predicted molar refractivity (Wildman–Crippen MR) is 70.0 cm³/mol. The molecule has 0 unspecified atom stereocenters. The molecule has 1 aliphatic heterocycles. The van der Waals surface area contributed by atoms with Crippen LogP contribution in [0.2, 0.25) is 0 Å². The Morgan fingerprint density at radius 1 is 1.44 bits per heavy atom. The molecule has 1 aliphatic rings. The van der Waals surface area contributed by atoms with Gasteiger partial charge in [-0.15, -0.1) is 0 Å². The van der Waals surface area contributed by atoms with Gasteiger partial charge in [0.2, 0.25) is 5.91 Å². The zero-order valence-corrected chi connectivity index (χ0v) is 10.7. The second kappa shape index (κ2) is 6.52. The third-order valence-corrected chi connectivity index (χ3v) is 3.25. The average molecular weight is 248 g/mol. The molecule has 0 spiro atoms. The minimum absolute atomic E-state index is 0.0143. The molecule has 0 radical (unpaired) electrons. The van der Waals surface area contributed by atoms with Crippen molar-refractivity contribution in [1.82, 2.24) is 10.6 Å². The van der Waals surface area contributed by atoms with E-state index in [1.807, 2.05) is 24.3 Å². The van der Waals surface area contributed by atoms with Crippen LogP contribution in [0.4, 0.5) is 0 Å². The first-order valence-electron chi connectivity index (χ1n) is 6.38. The minimum Gasteiger partial charge on any atom is -0.380 e. The number of rotatable bonds is 5. The van der Waals surface area contributed by atoms with Crippen LogP contribution in [0.15, 0.2) is 24.3 Å². The second-order valence-corrected chi connectivity index (χ2v) is 4.57. The Bertz CT molecular complexity index is 401. The molecule has 0 aromatic heterocycles. The molecule has 1 saturated heterocycles. The molecule has 2 N–H and O–H groups in total. The van der Waals surface area contributed by atoms with Gasteiger partial charge >= 0.3 is 0 Å². The lowest BCUT2D eigenvalue weighted by Gasteiger charge is -2.13. The van der Waals surface area contributed by atoms with Gasteiger partial charge in [0.15, 0.2) is 0 Å². The van der Waals surface area contributed by atoms with Gasteiger partial charge in [-0.25, -0.2) is 0 Å². The molecule has 0 aliphatic carbocycles. The van der Waals surface area contributed by atoms with Crippen LogP contribution in [-0.4, -0.2) is 25.6 Å². The fraction of sp³-hybridized carbons (Fsp3) is 0.500. The van der Waals surface area contributed by atoms with Gasteiger partial charge < -0.3 is 15.4 Å². The number of benzene rings is 1. The Morgan fingerprint density at radius 2 is 2.22 bits per heavy atom. The third kappa shape index (κ3) is 3.31. The molecule has 98 valence electrons. The highest BCUT2D eigenvalue weighted by Crippen LogP contribution is 2.10. The van der Waals surface area contributed by atoms with E-state index in [2.05, 4.69) is 10.6 Å². The third-order valence-electron chi connectivity index (χ3n) is 3.25. The van der Waals surface area contributed by atoms with Crippen molar-refractivity contribution in [2.75, 3.05) is 13.7 Å². The van der Waals surface area contributed by atoms with Gasteiger partial charge in [0.1, 0.15) is 0 Å². The largest absolute Gasteiger partial charge is 0.380 e. The van der Waals surface area contributed by atoms with E-state index in [1.165, 1.54) is 0 Å². The fourth-order valence-corrected chi connectivity index (χ4v) is 2.24. The molecule has 1 fully saturated rings. The van der Waals surface area contributed by atoms with E-state index >= 15 is 0 Å². The molecule has 1 aromatic rings. The quantitative estimate of drug-likeness (QED) is 0.823. The van der Waals surface area contributed by atoms with E-state index in [0.717, 1.165) is 30.5 Å². The van der Waals surface area contributed by atoms with Crippen LogP contribution in [0, 0.1) is 0 Å². The summed E-state index contributed by atoms with van der Waals surface area (Å²) >= 11 is 0. The first-order chi connectivity index (χ1) is 8.81. The molecule has 1 amide bonds. The number of hydrogen-bond acceptors (Lipinski definition) is 3. The van der Waals surface area contributed by atoms with Gasteiger partial charge in [-0.1, -0.05) is 24.3 Å². The smallest absolute Gasteiger partial charge is 0.237 e. The number of amides is 1. The number of carbonyl (C=O) groups excluding carboxylic acids is 1. The first kappa shape index (κ1) is 13.1. The van der Waals surface area contributed by atoms with E-state index < -0.39 is 0 Å². The molecule has 4 heteroatoms. The maximum absolute atomic E-state index is 11.9. The highest BCUT2D eigenvalue weighted by Gasteiger charge is 2.21. The summed E-state index contributed by atoms with van der Waals surface area (Å²) in [6, 6.07) is 8.00. The van der Waals surface area contributed by atoms with Gasteiger partial charge in [0.25, 0.3) is 0 Å². The van der Waals surface area contributed by atoms with Gasteiger partial charge in [-0.05, 0) is 30.5 Å². The van der Waals surface area contributed by atoms with E-state index in [1.54, 1.807) is 7.11 Å². The highest BCUT2D eigenvalue weighted by molar-refractivity contribution is 5.82. The zero-order valence-electron chi connectivity index (χ0n) is 10.7. The predicted octanol–water partition coefficient (Wildman–Crippen LogP) is 1.20. The number of hydrogen-bond donors (Lipinski definition) is 2. The van der Waals surface area contributed by atoms with Crippen LogP contribution in [0.25, 0.3) is 0 Å². The Morgan fingerprint density at radius 3 is 2.89 bits per heavy atom. The summed E-state index contributed by atoms with van der Waals surface area (Å²) in [6.07, 6.45) is 2.02. The maximum Gasteiger partial charge on any atom is 0.237 e. The molecular weight excluding hydrogens is 228 g/mol. The molecule has 18 heavy (non-hydrogen) atoms. The van der Waals surface area contributed by atoms with E-state index in [4.69, 9.17) is 4.74 Å². The van der Waals surface area contributed by atoms with Gasteiger partial charge in [-0.2, -0.15) is 0 Å². The fourth-order valence-electron chi connectivity index (χ4n) is 2.24. The van der Waals surface area contributed by atoms with E-state index in [0.29, 0.717) is 13.2 Å². The van der Waals surface area contributed by atoms with Crippen molar-refractivity contribution in [2.45, 2.75) is 32.0 Å². The zero-order chi connectivity index (χ0) is 12.8. The lowest BCUT2D eigenvalue weighted by atomic mass is 10.1. The Kier molecular flexibility index (Phi) is 4.73. The van der Waals surface area contributed by atoms with Crippen LogP contribution in [-0.2, 0) is 22.7 Å². The van der Waals surface area contributed by atoms with Crippen LogP contribution in [0.3, 0.4) is 0 Å². The van der Waals surface area contributed by atoms with Gasteiger partial charge in [0, 0.05) is 13.7 Å². The first-order valence-corrected chi connectivity index (χ1v) is 6.38. The van der Waals surface area contributed by atoms with E-state index in [-0.39, 0.29) is 11.9 Å². The Balaban J connectivity index is 1.90. The molecule has 1 aromatic carbocycles. The maximum atomic E-state index is 11.9. The summed E-state index contributed by atoms with van der Waals surface area (Å²) in [5.74, 6) is 0.0970. The number of nitrogens with one attached hydrogen (secondary N) is 2. The van der Waals surface area contributed by atoms with Crippen LogP contribution < -0.4 is 10.6 Å². The van der Waals surface area contributed by atoms with Crippen molar-refractivity contribution in [3.63, 3.8) is 0 Å². The second-order valence-electron chi connectivity index (χ2n) is 4.57. The Labute approximate surface area is 108 Å². The highest BCUT2D eigenvalue weighted by atomic mass is 16.5. The molecule has 1 atom stereocenters. The number of ether oxygens (including phenoxy) is 1. The summed E-state index contributed by atoms with van der Waals surface area (Å²) in [7, 11) is 1.68. The van der Waals surface area contributed by atoms with Crippen molar-refractivity contribution in [2.24, 2.45) is 0 Å². The van der Waals surface area contributed by atoms with Crippen molar-refractivity contribution in [3.05, 3.63) is 35.4 Å². The lowest BCUT2D eigenvalue weighted by Crippen LogP contribution is -2.40. The van der Waals surface area contributed by atoms with E-state index in [9.17, 15) is 4.79 Å². The average Bonchev–Trinajstić information content (AvgIpc) is 2.92. The minimum atomic E-state index is -0.0143. The lowest BCUT2D eigenvalue weighted by molar-refractivity contribution is -0.122. The number of methoxy groups -OCH3 is 1. The van der Waals surface area contributed by atoms with Crippen molar-refractivity contribution < 1.29 is 9.53 Å². The molecule has 0 saturated carbocycles. The SMILES string of the molecule is COCc1ccccc1CNC(=O)[C@@H]1CCCN1. The molecule has 1 heterocycles. The molecule has 2 rings (SSSR count). The van der Waals surface area contributed by atoms with Crippen LogP contribution >= 0.6 is 0 Å². The Hall–Kier alpha value is -1.39.